The minimum absolute atomic E-state index is 0.0105. The molecule has 0 aromatic carbocycles. The van der Waals surface area contributed by atoms with Crippen molar-refractivity contribution in [3.8, 4) is 0 Å². The van der Waals surface area contributed by atoms with E-state index in [0.29, 0.717) is 0 Å². The maximum Gasteiger partial charge on any atom is 0.326 e. The Bertz CT molecular complexity index is 4820. The van der Waals surface area contributed by atoms with Gasteiger partial charge in [0.05, 0.1) is 31.4 Å². The lowest BCUT2D eigenvalue weighted by molar-refractivity contribution is -0.144. The summed E-state index contributed by atoms with van der Waals surface area (Å²) >= 11 is 0. The highest BCUT2D eigenvalue weighted by atomic mass is 16.4. The fraction of sp³-hybridized carbons (Fsp3) is 0.643. The number of carbonyl (C=O) groups is 27. The molecule has 0 rings (SSSR count). The van der Waals surface area contributed by atoms with E-state index in [-0.39, 0.29) is 77.5 Å². The number of amides is 20. The maximum absolute atomic E-state index is 14.3. The average molecular weight is 2150 g/mol. The van der Waals surface area contributed by atoms with Gasteiger partial charge in [0.1, 0.15) is 115 Å². The van der Waals surface area contributed by atoms with Gasteiger partial charge in [0.2, 0.25) is 118 Å². The zero-order valence-electron chi connectivity index (χ0n) is 83.7. The van der Waals surface area contributed by atoms with Crippen LogP contribution in [-0.4, -0.2) is 372 Å². The summed E-state index contributed by atoms with van der Waals surface area (Å²) in [6, 6.07) is -35.0. The van der Waals surface area contributed by atoms with E-state index in [9.17, 15) is 160 Å². The number of hydrogen-bond donors (Lipinski definition) is 39. The van der Waals surface area contributed by atoms with Gasteiger partial charge >= 0.3 is 41.8 Å². The van der Waals surface area contributed by atoms with Gasteiger partial charge in [-0.15, -0.1) is 0 Å². The summed E-state index contributed by atoms with van der Waals surface area (Å²) in [4.78, 5) is 355. The molecule has 842 valence electrons. The first-order chi connectivity index (χ1) is 69.8. The Morgan fingerprint density at radius 3 is 0.713 bits per heavy atom. The lowest BCUT2D eigenvalue weighted by Crippen LogP contribution is -2.61. The van der Waals surface area contributed by atoms with Crippen molar-refractivity contribution in [3.63, 3.8) is 0 Å². The van der Waals surface area contributed by atoms with E-state index in [0.717, 1.165) is 55.4 Å². The largest absolute Gasteiger partial charge is 0.481 e. The van der Waals surface area contributed by atoms with Crippen molar-refractivity contribution >= 4 is 178 Å². The zero-order valence-corrected chi connectivity index (χ0v) is 83.7. The molecule has 20 amide bonds. The maximum atomic E-state index is 14.3. The molecule has 0 bridgehead atoms. The number of unbranched alkanes of at least 4 members (excludes halogenated alkanes) is 1. The second-order valence-electron chi connectivity index (χ2n) is 34.5. The van der Waals surface area contributed by atoms with Crippen LogP contribution < -0.4 is 151 Å². The van der Waals surface area contributed by atoms with E-state index in [2.05, 4.69) is 112 Å². The highest BCUT2D eigenvalue weighted by Crippen LogP contribution is 2.13. The number of rotatable bonds is 74. The molecule has 66 heteroatoms. The first kappa shape index (κ1) is 133. The van der Waals surface area contributed by atoms with Crippen LogP contribution in [0.15, 0.2) is 0 Å². The number of aliphatic hydroxyl groups excluding tert-OH is 1. The van der Waals surface area contributed by atoms with E-state index in [1.807, 2.05) is 5.32 Å². The van der Waals surface area contributed by atoms with Gasteiger partial charge in [-0.3, -0.25) is 141 Å². The minimum Gasteiger partial charge on any atom is -0.481 e. The van der Waals surface area contributed by atoms with Crippen LogP contribution in [0.5, 0.6) is 0 Å². The van der Waals surface area contributed by atoms with Crippen molar-refractivity contribution in [1.82, 2.24) is 117 Å². The van der Waals surface area contributed by atoms with E-state index in [1.165, 1.54) is 6.92 Å². The second kappa shape index (κ2) is 68.7. The number of aliphatic carboxylic acids is 7. The van der Waals surface area contributed by atoms with Gasteiger partial charge in [-0.05, 0) is 152 Å². The van der Waals surface area contributed by atoms with Crippen molar-refractivity contribution in [2.75, 3.05) is 26.2 Å². The molecule has 0 radical (unpaired) electrons. The standard InChI is InChI=1S/C84H141N31O35/c1-34(97-63(131)35(2)99-71(139)45(16-12-28-94-82(88)89)108-70(138)43(86)19-23-55(118)119)62(130)98-36(3)67(135)113-52(32-59(126)127)77(145)103-38(5)64(132)105-44(15-10-11-27-85)75(143)114-53(33-60(128)129)79(147)110-47(18-14-30-96-84(92)93)73(141)100-37(4)65(133)107-49(21-25-57(122)123)76(144)109-46(17-13-29-95-83(90)91)72(140)102-41(8)69(137)115-61(42(9)116)80(148)104-40(7)66(134)106-48(20-24-56(120)121)74(142)101-39(6)68(136)112-51(31-54(87)117)78(146)111-50(81(149)150)22-26-58(124)125/h34-53,61,116H,10-33,85-86H2,1-9H3,(H2,87,117)(H,97,131)(H,98,130)(H,99,139)(H,100,141)(H,101,142)(H,102,140)(H,103,145)(H,104,148)(H,105,132)(H,106,134)(H,107,133)(H,108,138)(H,109,144)(H,110,147)(H,111,146)(H,112,136)(H,113,135)(H,114,143)(H,115,137)(H,118,119)(H,120,121)(H,122,123)(H,124,125)(H,126,127)(H,128,129)(H,149,150)(H4,88,89,94)(H4,90,91,95)(H4,92,93,96)/t34-,35-,36-,37-,38-,39-,40-,41-,42+,43-,44-,45-,46-,47-,48-,49-,50-,51-,52-,53-,61-/m0/s1. The molecular formula is C84H141N31O35. The lowest BCUT2D eigenvalue weighted by atomic mass is 10.1. The second-order valence-corrected chi connectivity index (χ2v) is 34.5. The van der Waals surface area contributed by atoms with Gasteiger partial charge in [-0.1, -0.05) is 0 Å². The molecule has 0 aromatic rings. The molecule has 0 unspecified atom stereocenters. The highest BCUT2D eigenvalue weighted by Gasteiger charge is 2.41. The van der Waals surface area contributed by atoms with Crippen LogP contribution in [0, 0.1) is 16.2 Å². The molecule has 0 aliphatic rings. The number of carboxylic acid groups (broad SMARTS) is 7. The van der Waals surface area contributed by atoms with Crippen LogP contribution in [0.1, 0.15) is 191 Å². The Balaban J connectivity index is 6.87. The number of primary amides is 1. The van der Waals surface area contributed by atoms with Gasteiger partial charge in [-0.25, -0.2) is 4.79 Å². The average Bonchev–Trinajstić information content (AvgIpc) is 0.848. The van der Waals surface area contributed by atoms with Crippen molar-refractivity contribution < 1.29 is 170 Å². The third kappa shape index (κ3) is 55.1. The quantitative estimate of drug-likeness (QED) is 0.0153. The lowest BCUT2D eigenvalue weighted by Gasteiger charge is -2.27. The number of carboxylic acids is 7. The first-order valence-electron chi connectivity index (χ1n) is 46.8. The Morgan fingerprint density at radius 2 is 0.440 bits per heavy atom. The monoisotopic (exact) mass is 2140 g/mol. The molecule has 0 aromatic heterocycles. The molecular weight excluding hydrogens is 2000 g/mol. The molecule has 0 spiro atoms. The highest BCUT2D eigenvalue weighted by molar-refractivity contribution is 6.03. The molecule has 0 saturated heterocycles. The number of aliphatic hydroxyl groups is 1. The van der Waals surface area contributed by atoms with Crippen LogP contribution >= 0.6 is 0 Å². The number of nitrogens with two attached hydrogens (primary N) is 6. The van der Waals surface area contributed by atoms with E-state index in [4.69, 9.17) is 60.8 Å². The van der Waals surface area contributed by atoms with Crippen LogP contribution in [0.2, 0.25) is 0 Å². The summed E-state index contributed by atoms with van der Waals surface area (Å²) in [5.41, 5.74) is 32.9. The van der Waals surface area contributed by atoms with Gasteiger partial charge < -0.3 is 192 Å². The molecule has 150 heavy (non-hydrogen) atoms. The van der Waals surface area contributed by atoms with Crippen molar-refractivity contribution in [1.29, 1.82) is 16.2 Å². The van der Waals surface area contributed by atoms with Gasteiger partial charge in [-0.2, -0.15) is 0 Å². The number of guanidine groups is 3. The number of hydrogen-bond acceptors (Lipinski definition) is 33. The normalized spacial score (nSPS) is 15.0. The number of nitrogens with one attached hydrogen (secondary N) is 25. The fourth-order valence-corrected chi connectivity index (χ4v) is 13.0. The van der Waals surface area contributed by atoms with Crippen LogP contribution in [0.25, 0.3) is 0 Å². The summed E-state index contributed by atoms with van der Waals surface area (Å²) < 4.78 is 0. The molecule has 0 heterocycles. The molecule has 21 atom stereocenters. The smallest absolute Gasteiger partial charge is 0.326 e. The number of carbonyl (C=O) groups excluding carboxylic acids is 20. The predicted octanol–water partition coefficient (Wildman–Crippen LogP) is -15.6. The first-order valence-corrected chi connectivity index (χ1v) is 46.8. The summed E-state index contributed by atoms with van der Waals surface area (Å²) in [7, 11) is 0. The van der Waals surface area contributed by atoms with Crippen molar-refractivity contribution in [2.45, 2.75) is 318 Å². The summed E-state index contributed by atoms with van der Waals surface area (Å²) in [5, 5.41) is 149. The third-order valence-corrected chi connectivity index (χ3v) is 21.4. The Labute approximate surface area is 856 Å². The third-order valence-electron chi connectivity index (χ3n) is 21.4. The van der Waals surface area contributed by atoms with Crippen molar-refractivity contribution in [3.05, 3.63) is 0 Å². The summed E-state index contributed by atoms with van der Waals surface area (Å²) in [5.74, 6) is -36.5. The van der Waals surface area contributed by atoms with Crippen LogP contribution in [0.3, 0.4) is 0 Å². The molecule has 0 aliphatic carbocycles. The van der Waals surface area contributed by atoms with Gasteiger partial charge in [0.15, 0.2) is 17.9 Å². The van der Waals surface area contributed by atoms with E-state index in [1.54, 1.807) is 0 Å². The fourth-order valence-electron chi connectivity index (χ4n) is 13.0. The summed E-state index contributed by atoms with van der Waals surface area (Å²) in [6.07, 6.45) is -11.8. The van der Waals surface area contributed by atoms with Crippen LogP contribution in [-0.2, 0) is 129 Å². The van der Waals surface area contributed by atoms with Crippen LogP contribution in [0.4, 0.5) is 0 Å². The van der Waals surface area contributed by atoms with E-state index >= 15 is 0 Å². The Hall–Kier alpha value is -16.6. The predicted molar refractivity (Wildman–Crippen MR) is 516 cm³/mol. The Morgan fingerprint density at radius 1 is 0.233 bits per heavy atom. The van der Waals surface area contributed by atoms with E-state index < -0.39 is 382 Å². The zero-order chi connectivity index (χ0) is 115. The molecule has 66 nitrogen and oxygen atoms in total. The Kier molecular flexibility index (Phi) is 61.1. The van der Waals surface area contributed by atoms with Crippen molar-refractivity contribution in [2.24, 2.45) is 34.4 Å². The summed E-state index contributed by atoms with van der Waals surface area (Å²) in [6.45, 7) is 9.30. The molecule has 0 saturated carbocycles. The van der Waals surface area contributed by atoms with Gasteiger partial charge in [0.25, 0.3) is 0 Å². The van der Waals surface area contributed by atoms with Gasteiger partial charge in [0, 0.05) is 45.3 Å². The SMILES string of the molecule is C[C@H](NC(=O)[C@H](C)NC(=O)[C@H](CCCNC(=N)N)NC(=O)[C@@H](N)CCC(=O)O)C(=O)N[C@@H](C)C(=O)N[C@@H](CC(=O)O)C(=O)N[C@@H](C)C(=O)N[C@@H](CCCCN)C(=O)N[C@@H](CC(=O)O)C(=O)N[C@@H](CCCNC(=N)N)C(=O)N[C@@H](C)C(=O)N[C@@H](CCC(=O)O)C(=O)N[C@@H](CCCNC(=N)N)C(=O)N[C@@H](C)C(=O)N[C@H](C(=O)N[C@@H](C)C(=O)N[C@@H](CCC(=O)O)C(=O)N[C@@H](C)C(=O)N[C@@H](CC(N)=O)C(=O)N[C@@H](CCC(=O)O)C(=O)O)[C@@H](C)O. The molecule has 0 fully saturated rings. The minimum atomic E-state index is -2.15. The molecule has 0 aliphatic heterocycles. The molecule has 45 N–H and O–H groups in total. The topological polar surface area (TPSA) is 1120 Å².